The first-order valence-corrected chi connectivity index (χ1v) is 5.83. The second kappa shape index (κ2) is 4.99. The quantitative estimate of drug-likeness (QED) is 0.631. The van der Waals surface area contributed by atoms with Crippen LogP contribution >= 0.6 is 0 Å². The van der Waals surface area contributed by atoms with E-state index in [4.69, 9.17) is 5.73 Å². The Labute approximate surface area is 83.1 Å². The summed E-state index contributed by atoms with van der Waals surface area (Å²) in [4.78, 5) is 0. The van der Waals surface area contributed by atoms with Crippen LogP contribution in [0.4, 0.5) is 0 Å². The van der Waals surface area contributed by atoms with Gasteiger partial charge in [0.2, 0.25) is 0 Å². The third-order valence-electron chi connectivity index (χ3n) is 3.14. The van der Waals surface area contributed by atoms with Crippen LogP contribution < -0.4 is 5.73 Å². The van der Waals surface area contributed by atoms with Gasteiger partial charge in [-0.2, -0.15) is 0 Å². The van der Waals surface area contributed by atoms with Crippen molar-refractivity contribution in [3.8, 4) is 0 Å². The SMILES string of the molecule is CC(C)([NH])CCCC1CCCCC1. The van der Waals surface area contributed by atoms with Crippen molar-refractivity contribution < 1.29 is 0 Å². The number of rotatable bonds is 4. The lowest BCUT2D eigenvalue weighted by Crippen LogP contribution is -2.21. The molecule has 1 fully saturated rings. The van der Waals surface area contributed by atoms with Gasteiger partial charge >= 0.3 is 0 Å². The predicted molar refractivity (Wildman–Crippen MR) is 57.6 cm³/mol. The van der Waals surface area contributed by atoms with Crippen molar-refractivity contribution in [1.29, 1.82) is 0 Å². The van der Waals surface area contributed by atoms with E-state index in [-0.39, 0.29) is 5.54 Å². The van der Waals surface area contributed by atoms with Gasteiger partial charge in [0.15, 0.2) is 0 Å². The number of hydrogen-bond acceptors (Lipinski definition) is 0. The molecule has 1 N–H and O–H groups in total. The molecule has 0 aromatic rings. The molecule has 1 heteroatoms. The molecule has 77 valence electrons. The lowest BCUT2D eigenvalue weighted by molar-refractivity contribution is 0.314. The first kappa shape index (κ1) is 11.0. The van der Waals surface area contributed by atoms with Crippen LogP contribution in [0, 0.1) is 5.92 Å². The van der Waals surface area contributed by atoms with Gasteiger partial charge in [0.1, 0.15) is 0 Å². The van der Waals surface area contributed by atoms with Crippen molar-refractivity contribution in [2.45, 2.75) is 70.8 Å². The minimum Gasteiger partial charge on any atom is -0.252 e. The average Bonchev–Trinajstić information content (AvgIpc) is 2.04. The molecular weight excluding hydrogens is 158 g/mol. The normalized spacial score (nSPS) is 20.5. The van der Waals surface area contributed by atoms with Gasteiger partial charge in [-0.25, -0.2) is 0 Å². The maximum Gasteiger partial charge on any atom is 0.0267 e. The molecule has 0 bridgehead atoms. The molecule has 0 heterocycles. The Kier molecular flexibility index (Phi) is 4.24. The van der Waals surface area contributed by atoms with Gasteiger partial charge in [-0.1, -0.05) is 44.9 Å². The smallest absolute Gasteiger partial charge is 0.0267 e. The molecule has 1 aliphatic carbocycles. The molecule has 1 rings (SSSR count). The molecule has 0 aliphatic heterocycles. The molecule has 1 nitrogen and oxygen atoms in total. The fraction of sp³-hybridized carbons (Fsp3) is 1.00. The summed E-state index contributed by atoms with van der Waals surface area (Å²) in [5.41, 5.74) is 7.55. The first-order chi connectivity index (χ1) is 6.08. The van der Waals surface area contributed by atoms with Gasteiger partial charge < -0.3 is 0 Å². The molecule has 0 saturated heterocycles. The van der Waals surface area contributed by atoms with Crippen LogP contribution in [-0.4, -0.2) is 5.54 Å². The molecular formula is C12H24N. The molecule has 0 aromatic heterocycles. The van der Waals surface area contributed by atoms with Gasteiger partial charge in [0.25, 0.3) is 0 Å². The van der Waals surface area contributed by atoms with Crippen molar-refractivity contribution >= 4 is 0 Å². The standard InChI is InChI=1S/C12H24N/c1-12(2,13)10-6-9-11-7-4-3-5-8-11/h11,13H,3-10H2,1-2H3. The van der Waals surface area contributed by atoms with Gasteiger partial charge in [-0.3, -0.25) is 5.73 Å². The zero-order valence-corrected chi connectivity index (χ0v) is 9.23. The van der Waals surface area contributed by atoms with Gasteiger partial charge in [-0.15, -0.1) is 0 Å². The molecule has 0 aromatic carbocycles. The second-order valence-electron chi connectivity index (χ2n) is 5.28. The summed E-state index contributed by atoms with van der Waals surface area (Å²) < 4.78 is 0. The highest BCUT2D eigenvalue weighted by molar-refractivity contribution is 4.72. The molecule has 1 radical (unpaired) electrons. The van der Waals surface area contributed by atoms with E-state index in [0.29, 0.717) is 0 Å². The maximum absolute atomic E-state index is 7.75. The fourth-order valence-electron chi connectivity index (χ4n) is 2.31. The van der Waals surface area contributed by atoms with Crippen molar-refractivity contribution in [3.63, 3.8) is 0 Å². The molecule has 0 unspecified atom stereocenters. The average molecular weight is 182 g/mol. The van der Waals surface area contributed by atoms with Crippen molar-refractivity contribution in [3.05, 3.63) is 0 Å². The van der Waals surface area contributed by atoms with Crippen molar-refractivity contribution in [2.24, 2.45) is 5.92 Å². The zero-order valence-electron chi connectivity index (χ0n) is 9.23. The molecule has 0 amide bonds. The Balaban J connectivity index is 2.04. The number of nitrogens with one attached hydrogen (secondary N) is 1. The van der Waals surface area contributed by atoms with E-state index in [1.54, 1.807) is 0 Å². The Bertz CT molecular complexity index is 129. The second-order valence-corrected chi connectivity index (χ2v) is 5.28. The minimum absolute atomic E-state index is 0.200. The van der Waals surface area contributed by atoms with Crippen LogP contribution in [0.25, 0.3) is 0 Å². The van der Waals surface area contributed by atoms with Crippen LogP contribution in [0.3, 0.4) is 0 Å². The molecule has 13 heavy (non-hydrogen) atoms. The van der Waals surface area contributed by atoms with E-state index >= 15 is 0 Å². The van der Waals surface area contributed by atoms with E-state index in [0.717, 1.165) is 12.3 Å². The van der Waals surface area contributed by atoms with Gasteiger partial charge in [-0.05, 0) is 26.2 Å². The lowest BCUT2D eigenvalue weighted by atomic mass is 9.84. The summed E-state index contributed by atoms with van der Waals surface area (Å²) in [7, 11) is 0. The molecule has 0 atom stereocenters. The molecule has 1 aliphatic rings. The monoisotopic (exact) mass is 182 g/mol. The van der Waals surface area contributed by atoms with E-state index in [1.807, 2.05) is 13.8 Å². The highest BCUT2D eigenvalue weighted by Gasteiger charge is 2.15. The summed E-state index contributed by atoms with van der Waals surface area (Å²) in [6.45, 7) is 4.04. The predicted octanol–water partition coefficient (Wildman–Crippen LogP) is 3.80. The van der Waals surface area contributed by atoms with E-state index in [1.165, 1.54) is 44.9 Å². The third kappa shape index (κ3) is 5.30. The fourth-order valence-corrected chi connectivity index (χ4v) is 2.31. The van der Waals surface area contributed by atoms with Crippen molar-refractivity contribution in [2.75, 3.05) is 0 Å². The summed E-state index contributed by atoms with van der Waals surface area (Å²) in [5, 5.41) is 0. The van der Waals surface area contributed by atoms with Crippen LogP contribution in [0.1, 0.15) is 65.2 Å². The molecule has 1 saturated carbocycles. The van der Waals surface area contributed by atoms with Crippen molar-refractivity contribution in [1.82, 2.24) is 5.73 Å². The first-order valence-electron chi connectivity index (χ1n) is 5.83. The van der Waals surface area contributed by atoms with E-state index < -0.39 is 0 Å². The zero-order chi connectivity index (χ0) is 9.73. The highest BCUT2D eigenvalue weighted by atomic mass is 14.7. The van der Waals surface area contributed by atoms with E-state index in [2.05, 4.69) is 0 Å². The topological polar surface area (TPSA) is 23.8 Å². The Hall–Kier alpha value is -0.0400. The summed E-state index contributed by atoms with van der Waals surface area (Å²) in [6, 6.07) is 0. The summed E-state index contributed by atoms with van der Waals surface area (Å²) in [6.07, 6.45) is 11.0. The number of hydrogen-bond donors (Lipinski definition) is 0. The lowest BCUT2D eigenvalue weighted by Gasteiger charge is -2.23. The largest absolute Gasteiger partial charge is 0.252 e. The van der Waals surface area contributed by atoms with Crippen LogP contribution in [0.15, 0.2) is 0 Å². The van der Waals surface area contributed by atoms with Crippen LogP contribution in [0.5, 0.6) is 0 Å². The summed E-state index contributed by atoms with van der Waals surface area (Å²) >= 11 is 0. The van der Waals surface area contributed by atoms with Crippen LogP contribution in [-0.2, 0) is 0 Å². The minimum atomic E-state index is -0.200. The van der Waals surface area contributed by atoms with Gasteiger partial charge in [0.05, 0.1) is 0 Å². The van der Waals surface area contributed by atoms with Gasteiger partial charge in [0, 0.05) is 5.54 Å². The highest BCUT2D eigenvalue weighted by Crippen LogP contribution is 2.28. The Morgan fingerprint density at radius 3 is 2.31 bits per heavy atom. The van der Waals surface area contributed by atoms with Crippen LogP contribution in [0.2, 0.25) is 0 Å². The maximum atomic E-state index is 7.75. The third-order valence-corrected chi connectivity index (χ3v) is 3.14. The van der Waals surface area contributed by atoms with E-state index in [9.17, 15) is 0 Å². The Morgan fingerprint density at radius 2 is 1.77 bits per heavy atom. The summed E-state index contributed by atoms with van der Waals surface area (Å²) in [5.74, 6) is 0.996. The molecule has 0 spiro atoms. The Morgan fingerprint density at radius 1 is 1.15 bits per heavy atom.